The van der Waals surface area contributed by atoms with Crippen LogP contribution in [0.2, 0.25) is 0 Å². The Kier molecular flexibility index (Phi) is 2.10. The van der Waals surface area contributed by atoms with Crippen molar-refractivity contribution >= 4 is 0 Å². The van der Waals surface area contributed by atoms with E-state index in [0.717, 1.165) is 11.8 Å². The number of hydrogen-bond donors (Lipinski definition) is 1. The smallest absolute Gasteiger partial charge is 0.0352 e. The number of benzene rings is 1. The van der Waals surface area contributed by atoms with E-state index in [2.05, 4.69) is 37.5 Å². The third-order valence-corrected chi connectivity index (χ3v) is 4.37. The fraction of sp³-hybridized carbons (Fsp3) is 0.571. The van der Waals surface area contributed by atoms with Gasteiger partial charge in [-0.3, -0.25) is 0 Å². The maximum atomic E-state index is 3.49. The fourth-order valence-electron chi connectivity index (χ4n) is 3.69. The Bertz CT molecular complexity index is 383. The van der Waals surface area contributed by atoms with Crippen LogP contribution in [-0.4, -0.2) is 7.05 Å². The lowest BCUT2D eigenvalue weighted by molar-refractivity contribution is 0.361. The molecule has 0 aliphatic heterocycles. The lowest BCUT2D eigenvalue weighted by Gasteiger charge is -2.25. The molecule has 15 heavy (non-hydrogen) atoms. The van der Waals surface area contributed by atoms with Crippen LogP contribution in [0, 0.1) is 5.92 Å². The zero-order valence-electron chi connectivity index (χ0n) is 9.59. The van der Waals surface area contributed by atoms with Gasteiger partial charge in [0, 0.05) is 6.04 Å². The highest BCUT2D eigenvalue weighted by Crippen LogP contribution is 2.50. The molecule has 0 fully saturated rings. The molecule has 1 heteroatoms. The van der Waals surface area contributed by atoms with Gasteiger partial charge in [-0.25, -0.2) is 0 Å². The van der Waals surface area contributed by atoms with Crippen molar-refractivity contribution in [3.8, 4) is 0 Å². The third kappa shape index (κ3) is 1.19. The Hall–Kier alpha value is -0.820. The van der Waals surface area contributed by atoms with Crippen molar-refractivity contribution in [3.05, 3.63) is 34.9 Å². The number of rotatable bonds is 1. The SMILES string of the molecule is CNC1c2cccc3c2C(CCC3)C1C. The van der Waals surface area contributed by atoms with E-state index in [1.165, 1.54) is 19.3 Å². The summed E-state index contributed by atoms with van der Waals surface area (Å²) in [6.07, 6.45) is 4.06. The molecule has 3 unspecified atom stereocenters. The summed E-state index contributed by atoms with van der Waals surface area (Å²) in [5.41, 5.74) is 4.89. The van der Waals surface area contributed by atoms with Crippen LogP contribution in [0.4, 0.5) is 0 Å². The summed E-state index contributed by atoms with van der Waals surface area (Å²) < 4.78 is 0. The van der Waals surface area contributed by atoms with Crippen molar-refractivity contribution in [3.63, 3.8) is 0 Å². The Labute approximate surface area is 91.9 Å². The lowest BCUT2D eigenvalue weighted by Crippen LogP contribution is -2.21. The molecule has 0 saturated heterocycles. The summed E-state index contributed by atoms with van der Waals surface area (Å²) in [6.45, 7) is 2.40. The summed E-state index contributed by atoms with van der Waals surface area (Å²) in [5, 5.41) is 3.49. The molecule has 0 aromatic heterocycles. The van der Waals surface area contributed by atoms with Crippen molar-refractivity contribution in [2.75, 3.05) is 7.05 Å². The minimum absolute atomic E-state index is 0.586. The molecule has 1 aromatic carbocycles. The van der Waals surface area contributed by atoms with Crippen molar-refractivity contribution in [1.82, 2.24) is 5.32 Å². The number of nitrogens with one attached hydrogen (secondary N) is 1. The topological polar surface area (TPSA) is 12.0 Å². The summed E-state index contributed by atoms with van der Waals surface area (Å²) in [6, 6.07) is 7.47. The average Bonchev–Trinajstić information content (AvgIpc) is 2.55. The molecular formula is C14H19N. The first kappa shape index (κ1) is 9.41. The van der Waals surface area contributed by atoms with Gasteiger partial charge in [0.05, 0.1) is 0 Å². The Balaban J connectivity index is 2.17. The second kappa shape index (κ2) is 3.34. The summed E-state index contributed by atoms with van der Waals surface area (Å²) in [4.78, 5) is 0. The van der Waals surface area contributed by atoms with Gasteiger partial charge in [0.1, 0.15) is 0 Å². The van der Waals surface area contributed by atoms with E-state index in [1.807, 2.05) is 0 Å². The maximum Gasteiger partial charge on any atom is 0.0352 e. The van der Waals surface area contributed by atoms with Gasteiger partial charge in [0.15, 0.2) is 0 Å². The summed E-state index contributed by atoms with van der Waals surface area (Å²) in [7, 11) is 2.10. The Morgan fingerprint density at radius 3 is 3.00 bits per heavy atom. The molecule has 0 heterocycles. The second-order valence-corrected chi connectivity index (χ2v) is 5.04. The first-order valence-corrected chi connectivity index (χ1v) is 6.12. The molecule has 0 saturated carbocycles. The van der Waals surface area contributed by atoms with Crippen LogP contribution in [0.3, 0.4) is 0 Å². The van der Waals surface area contributed by atoms with E-state index in [0.29, 0.717) is 6.04 Å². The van der Waals surface area contributed by atoms with Gasteiger partial charge in [0.2, 0.25) is 0 Å². The summed E-state index contributed by atoms with van der Waals surface area (Å²) in [5.74, 6) is 1.59. The molecular weight excluding hydrogens is 182 g/mol. The van der Waals surface area contributed by atoms with Crippen molar-refractivity contribution in [2.45, 2.75) is 38.1 Å². The molecule has 3 rings (SSSR count). The van der Waals surface area contributed by atoms with Crippen molar-refractivity contribution in [1.29, 1.82) is 0 Å². The Morgan fingerprint density at radius 2 is 2.20 bits per heavy atom. The third-order valence-electron chi connectivity index (χ3n) is 4.37. The quantitative estimate of drug-likeness (QED) is 0.736. The van der Waals surface area contributed by atoms with Gasteiger partial charge in [-0.05, 0) is 54.8 Å². The molecule has 0 bridgehead atoms. The van der Waals surface area contributed by atoms with Crippen LogP contribution < -0.4 is 5.32 Å². The summed E-state index contributed by atoms with van der Waals surface area (Å²) >= 11 is 0. The molecule has 0 radical (unpaired) electrons. The maximum absolute atomic E-state index is 3.49. The van der Waals surface area contributed by atoms with E-state index in [9.17, 15) is 0 Å². The predicted octanol–water partition coefficient (Wildman–Crippen LogP) is 3.02. The standard InChI is InChI=1S/C14H19N/c1-9-11-7-3-5-10-6-4-8-12(13(10)11)14(9)15-2/h4,6,8-9,11,14-15H,3,5,7H2,1-2H3. The fourth-order valence-corrected chi connectivity index (χ4v) is 3.69. The molecule has 1 aromatic rings. The highest BCUT2D eigenvalue weighted by molar-refractivity contribution is 5.46. The highest BCUT2D eigenvalue weighted by atomic mass is 14.9. The van der Waals surface area contributed by atoms with Crippen LogP contribution in [0.1, 0.15) is 48.4 Å². The monoisotopic (exact) mass is 201 g/mol. The van der Waals surface area contributed by atoms with Crippen molar-refractivity contribution < 1.29 is 0 Å². The molecule has 3 atom stereocenters. The van der Waals surface area contributed by atoms with Gasteiger partial charge < -0.3 is 5.32 Å². The minimum atomic E-state index is 0.586. The molecule has 0 spiro atoms. The van der Waals surface area contributed by atoms with Gasteiger partial charge >= 0.3 is 0 Å². The Morgan fingerprint density at radius 1 is 1.33 bits per heavy atom. The van der Waals surface area contributed by atoms with Crippen molar-refractivity contribution in [2.24, 2.45) is 5.92 Å². The molecule has 2 aliphatic rings. The van der Waals surface area contributed by atoms with E-state index >= 15 is 0 Å². The first-order chi connectivity index (χ1) is 7.33. The van der Waals surface area contributed by atoms with Gasteiger partial charge in [0.25, 0.3) is 0 Å². The van der Waals surface area contributed by atoms with Crippen LogP contribution >= 0.6 is 0 Å². The number of hydrogen-bond acceptors (Lipinski definition) is 1. The highest BCUT2D eigenvalue weighted by Gasteiger charge is 2.39. The van der Waals surface area contributed by atoms with E-state index in [-0.39, 0.29) is 0 Å². The predicted molar refractivity (Wildman–Crippen MR) is 63.1 cm³/mol. The van der Waals surface area contributed by atoms with Crippen LogP contribution in [0.5, 0.6) is 0 Å². The second-order valence-electron chi connectivity index (χ2n) is 5.04. The molecule has 2 aliphatic carbocycles. The molecule has 80 valence electrons. The first-order valence-electron chi connectivity index (χ1n) is 6.12. The lowest BCUT2D eigenvalue weighted by atomic mass is 9.81. The average molecular weight is 201 g/mol. The zero-order chi connectivity index (χ0) is 10.4. The van der Waals surface area contributed by atoms with E-state index in [1.54, 1.807) is 16.7 Å². The van der Waals surface area contributed by atoms with E-state index < -0.39 is 0 Å². The van der Waals surface area contributed by atoms with Crippen LogP contribution in [0.15, 0.2) is 18.2 Å². The van der Waals surface area contributed by atoms with Gasteiger partial charge in [-0.1, -0.05) is 25.1 Å². The molecule has 1 N–H and O–H groups in total. The van der Waals surface area contributed by atoms with Crippen LogP contribution in [-0.2, 0) is 6.42 Å². The molecule has 1 nitrogen and oxygen atoms in total. The minimum Gasteiger partial charge on any atom is -0.313 e. The van der Waals surface area contributed by atoms with E-state index in [4.69, 9.17) is 0 Å². The number of aryl methyl sites for hydroxylation is 1. The molecule has 0 amide bonds. The normalized spacial score (nSPS) is 32.8. The van der Waals surface area contributed by atoms with Gasteiger partial charge in [-0.2, -0.15) is 0 Å². The largest absolute Gasteiger partial charge is 0.313 e. The van der Waals surface area contributed by atoms with Gasteiger partial charge in [-0.15, -0.1) is 0 Å². The van der Waals surface area contributed by atoms with Crippen LogP contribution in [0.25, 0.3) is 0 Å². The zero-order valence-corrected chi connectivity index (χ0v) is 9.59.